The molecule has 0 bridgehead atoms. The van der Waals surface area contributed by atoms with Crippen LogP contribution < -0.4 is 0 Å². The second-order valence-corrected chi connectivity index (χ2v) is 5.03. The number of alkyl halides is 4. The van der Waals surface area contributed by atoms with E-state index in [2.05, 4.69) is 0 Å². The summed E-state index contributed by atoms with van der Waals surface area (Å²) in [5.74, 6) is 0. The minimum Gasteiger partial charge on any atom is -0.168 e. The first-order chi connectivity index (χ1) is 8.85. The number of hydrogen-bond donors (Lipinski definition) is 0. The van der Waals surface area contributed by atoms with Crippen molar-refractivity contribution in [2.24, 2.45) is 0 Å². The highest BCUT2D eigenvalue weighted by Gasteiger charge is 2.56. The quantitative estimate of drug-likeness (QED) is 0.653. The van der Waals surface area contributed by atoms with E-state index >= 15 is 0 Å². The highest BCUT2D eigenvalue weighted by atomic mass is 35.5. The van der Waals surface area contributed by atoms with Crippen molar-refractivity contribution in [1.29, 1.82) is 0 Å². The average molecular weight is 305 g/mol. The van der Waals surface area contributed by atoms with Gasteiger partial charge in [0.05, 0.1) is 0 Å². The summed E-state index contributed by atoms with van der Waals surface area (Å²) in [5.41, 5.74) is -0.0799. The van der Waals surface area contributed by atoms with Crippen LogP contribution in [0.1, 0.15) is 11.1 Å². The lowest BCUT2D eigenvalue weighted by atomic mass is 9.90. The maximum absolute atomic E-state index is 13.4. The zero-order valence-corrected chi connectivity index (χ0v) is 11.1. The zero-order valence-electron chi connectivity index (χ0n) is 9.59. The fourth-order valence-electron chi connectivity index (χ4n) is 1.84. The molecule has 0 aliphatic carbocycles. The van der Waals surface area contributed by atoms with Crippen LogP contribution in [-0.4, -0.2) is 6.18 Å². The van der Waals surface area contributed by atoms with Gasteiger partial charge in [-0.2, -0.15) is 13.2 Å². The van der Waals surface area contributed by atoms with E-state index in [1.165, 1.54) is 48.5 Å². The topological polar surface area (TPSA) is 0 Å². The van der Waals surface area contributed by atoms with Crippen LogP contribution in [0.3, 0.4) is 0 Å². The SMILES string of the molecule is FC(F)(F)C(Cl)(c1ccccc1)c1ccc(Cl)cc1. The van der Waals surface area contributed by atoms with Gasteiger partial charge >= 0.3 is 6.18 Å². The standard InChI is InChI=1S/C14H9Cl2F3/c15-12-8-6-11(7-9-12)13(16,14(17,18)19)10-4-2-1-3-5-10/h1-9H. The normalized spacial score (nSPS) is 15.0. The Kier molecular flexibility index (Phi) is 3.79. The molecule has 0 N–H and O–H groups in total. The summed E-state index contributed by atoms with van der Waals surface area (Å²) in [6.07, 6.45) is -4.62. The summed E-state index contributed by atoms with van der Waals surface area (Å²) < 4.78 is 40.2. The highest BCUT2D eigenvalue weighted by Crippen LogP contribution is 2.49. The summed E-state index contributed by atoms with van der Waals surface area (Å²) in [7, 11) is 0. The van der Waals surface area contributed by atoms with Gasteiger partial charge in [0.1, 0.15) is 0 Å². The van der Waals surface area contributed by atoms with E-state index < -0.39 is 11.1 Å². The van der Waals surface area contributed by atoms with Gasteiger partial charge in [0.25, 0.3) is 0 Å². The minimum atomic E-state index is -4.62. The van der Waals surface area contributed by atoms with Crippen LogP contribution in [0, 0.1) is 0 Å². The van der Waals surface area contributed by atoms with E-state index in [9.17, 15) is 13.2 Å². The molecule has 0 heterocycles. The first kappa shape index (κ1) is 14.2. The summed E-state index contributed by atoms with van der Waals surface area (Å²) >= 11 is 11.6. The predicted octanol–water partition coefficient (Wildman–Crippen LogP) is 5.38. The molecular weight excluding hydrogens is 296 g/mol. The molecule has 5 heteroatoms. The molecule has 0 fully saturated rings. The third kappa shape index (κ3) is 2.58. The van der Waals surface area contributed by atoms with Gasteiger partial charge in [0, 0.05) is 5.02 Å². The number of halogens is 5. The third-order valence-electron chi connectivity index (χ3n) is 2.80. The molecule has 0 spiro atoms. The third-order valence-corrected chi connectivity index (χ3v) is 3.71. The fourth-order valence-corrected chi connectivity index (χ4v) is 2.22. The zero-order chi connectivity index (χ0) is 14.1. The molecule has 19 heavy (non-hydrogen) atoms. The van der Waals surface area contributed by atoms with E-state index in [0.717, 1.165) is 0 Å². The van der Waals surface area contributed by atoms with Crippen molar-refractivity contribution < 1.29 is 13.2 Å². The number of benzene rings is 2. The average Bonchev–Trinajstić information content (AvgIpc) is 2.38. The molecule has 0 radical (unpaired) electrons. The van der Waals surface area contributed by atoms with Gasteiger partial charge in [0.15, 0.2) is 4.87 Å². The molecular formula is C14H9Cl2F3. The van der Waals surface area contributed by atoms with Crippen molar-refractivity contribution in [2.75, 3.05) is 0 Å². The minimum absolute atomic E-state index is 0.0218. The first-order valence-electron chi connectivity index (χ1n) is 5.43. The van der Waals surface area contributed by atoms with Gasteiger partial charge in [-0.15, -0.1) is 0 Å². The van der Waals surface area contributed by atoms with Crippen LogP contribution in [0.4, 0.5) is 13.2 Å². The van der Waals surface area contributed by atoms with Gasteiger partial charge in [-0.1, -0.05) is 65.7 Å². The van der Waals surface area contributed by atoms with Crippen molar-refractivity contribution in [3.63, 3.8) is 0 Å². The molecule has 0 amide bonds. The Morgan fingerprint density at radius 3 is 1.68 bits per heavy atom. The van der Waals surface area contributed by atoms with E-state index in [-0.39, 0.29) is 11.1 Å². The molecule has 1 atom stereocenters. The van der Waals surface area contributed by atoms with Crippen LogP contribution in [0.25, 0.3) is 0 Å². The maximum Gasteiger partial charge on any atom is 0.415 e. The van der Waals surface area contributed by atoms with E-state index in [1.54, 1.807) is 6.07 Å². The van der Waals surface area contributed by atoms with Crippen LogP contribution in [-0.2, 0) is 4.87 Å². The van der Waals surface area contributed by atoms with Crippen LogP contribution in [0.15, 0.2) is 54.6 Å². The smallest absolute Gasteiger partial charge is 0.168 e. The largest absolute Gasteiger partial charge is 0.415 e. The lowest BCUT2D eigenvalue weighted by Crippen LogP contribution is -2.38. The highest BCUT2D eigenvalue weighted by molar-refractivity contribution is 6.30. The molecule has 100 valence electrons. The lowest BCUT2D eigenvalue weighted by Gasteiger charge is -2.30. The molecule has 2 rings (SSSR count). The molecule has 2 aromatic carbocycles. The van der Waals surface area contributed by atoms with Gasteiger partial charge in [-0.05, 0) is 23.3 Å². The number of hydrogen-bond acceptors (Lipinski definition) is 0. The van der Waals surface area contributed by atoms with Gasteiger partial charge in [0.2, 0.25) is 0 Å². The Morgan fingerprint density at radius 2 is 1.21 bits per heavy atom. The van der Waals surface area contributed by atoms with Crippen molar-refractivity contribution >= 4 is 23.2 Å². The molecule has 0 saturated carbocycles. The van der Waals surface area contributed by atoms with Crippen molar-refractivity contribution in [3.05, 3.63) is 70.7 Å². The van der Waals surface area contributed by atoms with Crippen molar-refractivity contribution in [1.82, 2.24) is 0 Å². The summed E-state index contributed by atoms with van der Waals surface area (Å²) in [4.78, 5) is -2.57. The second-order valence-electron chi connectivity index (χ2n) is 4.03. The molecule has 0 aliphatic rings. The Balaban J connectivity index is 2.63. The van der Waals surface area contributed by atoms with Gasteiger partial charge < -0.3 is 0 Å². The summed E-state index contributed by atoms with van der Waals surface area (Å²) in [6, 6.07) is 12.8. The molecule has 0 aromatic heterocycles. The van der Waals surface area contributed by atoms with Gasteiger partial charge in [-0.25, -0.2) is 0 Å². The van der Waals surface area contributed by atoms with E-state index in [1.807, 2.05) is 0 Å². The molecule has 2 aromatic rings. The summed E-state index contributed by atoms with van der Waals surface area (Å²) in [6.45, 7) is 0. The van der Waals surface area contributed by atoms with Gasteiger partial charge in [-0.3, -0.25) is 0 Å². The van der Waals surface area contributed by atoms with Crippen LogP contribution >= 0.6 is 23.2 Å². The van der Waals surface area contributed by atoms with Crippen LogP contribution in [0.5, 0.6) is 0 Å². The van der Waals surface area contributed by atoms with E-state index in [4.69, 9.17) is 23.2 Å². The fraction of sp³-hybridized carbons (Fsp3) is 0.143. The summed E-state index contributed by atoms with van der Waals surface area (Å²) in [5, 5.41) is 0.359. The monoisotopic (exact) mass is 304 g/mol. The molecule has 0 nitrogen and oxygen atoms in total. The van der Waals surface area contributed by atoms with E-state index in [0.29, 0.717) is 5.02 Å². The Hall–Kier alpha value is -1.19. The predicted molar refractivity (Wildman–Crippen MR) is 70.6 cm³/mol. The number of rotatable bonds is 2. The second kappa shape index (κ2) is 5.06. The molecule has 1 unspecified atom stereocenters. The van der Waals surface area contributed by atoms with Crippen LogP contribution in [0.2, 0.25) is 5.02 Å². The first-order valence-corrected chi connectivity index (χ1v) is 6.18. The Labute approximate surface area is 118 Å². The van der Waals surface area contributed by atoms with Crippen molar-refractivity contribution in [3.8, 4) is 0 Å². The van der Waals surface area contributed by atoms with Crippen molar-refractivity contribution in [2.45, 2.75) is 11.1 Å². The molecule has 0 saturated heterocycles. The Morgan fingerprint density at radius 1 is 0.737 bits per heavy atom. The lowest BCUT2D eigenvalue weighted by molar-refractivity contribution is -0.154. The Bertz CT molecular complexity index is 549. The molecule has 0 aliphatic heterocycles. The maximum atomic E-state index is 13.4.